The maximum atomic E-state index is 2.70. The fraction of sp³-hybridized carbons (Fsp3) is 0.111. The van der Waals surface area contributed by atoms with Crippen LogP contribution in [0.1, 0.15) is 63.8 Å². The first-order valence-electron chi connectivity index (χ1n) is 32.7. The summed E-state index contributed by atoms with van der Waals surface area (Å²) in [5.41, 5.74) is 14.9. The van der Waals surface area contributed by atoms with E-state index in [4.69, 9.17) is 0 Å². The lowest BCUT2D eigenvalue weighted by Crippen LogP contribution is -2.62. The van der Waals surface area contributed by atoms with Crippen molar-refractivity contribution in [3.05, 3.63) is 326 Å². The zero-order valence-corrected chi connectivity index (χ0v) is 52.8. The normalized spacial score (nSPS) is 16.0. The Kier molecular flexibility index (Phi) is 11.7. The van der Waals surface area contributed by atoms with Gasteiger partial charge in [-0.1, -0.05) is 284 Å². The zero-order chi connectivity index (χ0) is 61.8. The fourth-order valence-corrected chi connectivity index (χ4v) is 18.0. The average molecular weight is 1180 g/mol. The van der Waals surface area contributed by atoms with Gasteiger partial charge in [0.05, 0.1) is 11.4 Å². The summed E-state index contributed by atoms with van der Waals surface area (Å²) in [4.78, 5) is 5.14. The highest BCUT2D eigenvalue weighted by Gasteiger charge is 2.71. The predicted octanol–water partition coefficient (Wildman–Crippen LogP) is 25.2. The summed E-state index contributed by atoms with van der Waals surface area (Å²) in [5, 5.41) is 19.8. The first-order chi connectivity index (χ1) is 44.9. The quantitative estimate of drug-likeness (QED) is 0.147. The van der Waals surface area contributed by atoms with Crippen molar-refractivity contribution < 1.29 is 0 Å². The molecule has 2 nitrogen and oxygen atoms in total. The van der Waals surface area contributed by atoms with Crippen molar-refractivity contribution in [3.8, 4) is 22.3 Å². The topological polar surface area (TPSA) is 6.48 Å². The van der Waals surface area contributed by atoms with Crippen LogP contribution in [0.5, 0.6) is 0 Å². The molecule has 438 valence electrons. The van der Waals surface area contributed by atoms with Gasteiger partial charge in [-0.3, -0.25) is 0 Å². The number of para-hydroxylation sites is 2. The second-order valence-electron chi connectivity index (χ2n) is 27.9. The molecule has 0 amide bonds. The van der Waals surface area contributed by atoms with E-state index in [0.717, 1.165) is 34.1 Å². The van der Waals surface area contributed by atoms with Gasteiger partial charge in [0.25, 0.3) is 0 Å². The lowest BCUT2D eigenvalue weighted by Gasteiger charge is -2.62. The Bertz CT molecular complexity index is 5390. The van der Waals surface area contributed by atoms with Gasteiger partial charge in [-0.15, -0.1) is 0 Å². The largest absolute Gasteiger partial charge is 0.310 e. The highest BCUT2D eigenvalue weighted by atomic mass is 15.2. The lowest BCUT2D eigenvalue weighted by atomic mass is 9.39. The molecule has 2 aliphatic rings. The minimum Gasteiger partial charge on any atom is -0.310 e. The molecule has 0 bridgehead atoms. The highest BCUT2D eigenvalue weighted by Crippen LogP contribution is 2.77. The van der Waals surface area contributed by atoms with Crippen LogP contribution in [0.25, 0.3) is 108 Å². The molecule has 16 aromatic rings. The van der Waals surface area contributed by atoms with Crippen molar-refractivity contribution in [3.63, 3.8) is 0 Å². The monoisotopic (exact) mass is 1180 g/mol. The Hall–Kier alpha value is -10.8. The van der Waals surface area contributed by atoms with E-state index in [0.29, 0.717) is 0 Å². The molecule has 0 fully saturated rings. The van der Waals surface area contributed by atoms with Gasteiger partial charge in [0, 0.05) is 44.4 Å². The molecule has 2 heteroatoms. The molecule has 18 rings (SSSR count). The Labute approximate surface area is 537 Å². The summed E-state index contributed by atoms with van der Waals surface area (Å²) in [6.07, 6.45) is 0. The third-order valence-electron chi connectivity index (χ3n) is 21.3. The first kappa shape index (κ1) is 54.2. The summed E-state index contributed by atoms with van der Waals surface area (Å²) in [7, 11) is 0. The van der Waals surface area contributed by atoms with Gasteiger partial charge < -0.3 is 9.80 Å². The molecule has 0 saturated carbocycles. The summed E-state index contributed by atoms with van der Waals surface area (Å²) in [5.74, 6) is 0. The summed E-state index contributed by atoms with van der Waals surface area (Å²) in [6, 6.07) is 116. The molecule has 0 saturated heterocycles. The molecule has 2 unspecified atom stereocenters. The van der Waals surface area contributed by atoms with Crippen LogP contribution in [0.15, 0.2) is 303 Å². The second-order valence-corrected chi connectivity index (χ2v) is 27.9. The van der Waals surface area contributed by atoms with Gasteiger partial charge in [-0.05, 0) is 191 Å². The number of hydrogen-bond acceptors (Lipinski definition) is 2. The van der Waals surface area contributed by atoms with Crippen LogP contribution in [-0.4, -0.2) is 0 Å². The average Bonchev–Trinajstić information content (AvgIpc) is 1.45. The van der Waals surface area contributed by atoms with E-state index < -0.39 is 21.7 Å². The molecule has 0 spiro atoms. The number of fused-ring (bicyclic) bond motifs is 20. The maximum absolute atomic E-state index is 2.70. The Morgan fingerprint density at radius 3 is 0.848 bits per heavy atom. The Morgan fingerprint density at radius 2 is 0.478 bits per heavy atom. The SMILES string of the molecule is CC(C)(C)C1(C2(C(C)(C)C)c3ccc4ccccc4c3-c3c2cc(N(c2ccccc2)c2ccc4ccc5ccccc5c4c2)c2ccccc32)c2ccc3ccccc3c2-c2c1cc(N(c1ccccc1)c1ccc3ccc4ccccc4c3c1)c1ccccc21. The van der Waals surface area contributed by atoms with Crippen LogP contribution in [0.4, 0.5) is 34.1 Å². The molecular weight excluding hydrogens is 1110 g/mol. The van der Waals surface area contributed by atoms with E-state index in [2.05, 4.69) is 355 Å². The van der Waals surface area contributed by atoms with Crippen LogP contribution in [-0.2, 0) is 10.8 Å². The van der Waals surface area contributed by atoms with E-state index in [1.807, 2.05) is 0 Å². The van der Waals surface area contributed by atoms with Gasteiger partial charge in [-0.25, -0.2) is 0 Å². The van der Waals surface area contributed by atoms with Gasteiger partial charge in [-0.2, -0.15) is 0 Å². The molecule has 92 heavy (non-hydrogen) atoms. The smallest absolute Gasteiger partial charge is 0.0543 e. The number of anilines is 6. The minimum atomic E-state index is -0.796. The molecule has 2 atom stereocenters. The molecule has 0 N–H and O–H groups in total. The molecule has 0 aromatic heterocycles. The van der Waals surface area contributed by atoms with E-state index in [1.54, 1.807) is 0 Å². The van der Waals surface area contributed by atoms with Crippen LogP contribution in [0.3, 0.4) is 0 Å². The van der Waals surface area contributed by atoms with Gasteiger partial charge in [0.2, 0.25) is 0 Å². The van der Waals surface area contributed by atoms with E-state index >= 15 is 0 Å². The van der Waals surface area contributed by atoms with E-state index in [9.17, 15) is 0 Å². The van der Waals surface area contributed by atoms with Crippen molar-refractivity contribution in [1.82, 2.24) is 0 Å². The molecule has 0 aliphatic heterocycles. The molecule has 0 radical (unpaired) electrons. The molecular formula is C90H68N2. The number of hydrogen-bond donors (Lipinski definition) is 0. The van der Waals surface area contributed by atoms with E-state index in [-0.39, 0.29) is 0 Å². The molecule has 0 heterocycles. The van der Waals surface area contributed by atoms with Crippen molar-refractivity contribution in [2.24, 2.45) is 10.8 Å². The lowest BCUT2D eigenvalue weighted by molar-refractivity contribution is 0.0596. The Morgan fingerprint density at radius 1 is 0.207 bits per heavy atom. The zero-order valence-electron chi connectivity index (χ0n) is 52.8. The second kappa shape index (κ2) is 19.8. The van der Waals surface area contributed by atoms with Gasteiger partial charge in [0.15, 0.2) is 0 Å². The van der Waals surface area contributed by atoms with Gasteiger partial charge in [0.1, 0.15) is 0 Å². The number of nitrogens with zero attached hydrogens (tertiary/aromatic N) is 2. The maximum Gasteiger partial charge on any atom is 0.0543 e. The summed E-state index contributed by atoms with van der Waals surface area (Å²) >= 11 is 0. The van der Waals surface area contributed by atoms with Crippen LogP contribution >= 0.6 is 0 Å². The standard InChI is InChI=1S/C90H68N2/c1-87(2,3)89(77-51-47-59-27-15-19-35-69(59)83(77)85-73-39-23-21-37-71(73)81(55-79(85)89)91(63-29-9-7-10-30-63)65-49-45-61-43-41-57-25-13-17-33-67(57)75(61)53-65)90(88(4,5)6)78-52-48-60-28-16-20-36-70(60)84(78)86-74-40-24-22-38-72(74)82(56-80(86)90)92(64-31-11-8-12-32-64)66-50-46-62-44-42-58-26-14-18-34-68(58)76(62)54-66/h7-56H,1-6H3. The number of rotatable bonds is 7. The third kappa shape index (κ3) is 7.38. The van der Waals surface area contributed by atoms with Crippen molar-refractivity contribution >= 4 is 120 Å². The van der Waals surface area contributed by atoms with Crippen molar-refractivity contribution in [2.75, 3.05) is 9.80 Å². The minimum absolute atomic E-state index is 0.489. The fourth-order valence-electron chi connectivity index (χ4n) is 18.0. The van der Waals surface area contributed by atoms with Crippen LogP contribution < -0.4 is 9.80 Å². The number of benzene rings is 16. The molecule has 16 aromatic carbocycles. The Balaban J connectivity index is 1.03. The first-order valence-corrected chi connectivity index (χ1v) is 32.7. The van der Waals surface area contributed by atoms with E-state index in [1.165, 1.54) is 131 Å². The summed E-state index contributed by atoms with van der Waals surface area (Å²) in [6.45, 7) is 15.4. The highest BCUT2D eigenvalue weighted by molar-refractivity contribution is 6.20. The van der Waals surface area contributed by atoms with Crippen molar-refractivity contribution in [2.45, 2.75) is 52.4 Å². The summed E-state index contributed by atoms with van der Waals surface area (Å²) < 4.78 is 0. The third-order valence-corrected chi connectivity index (χ3v) is 21.3. The van der Waals surface area contributed by atoms with Crippen molar-refractivity contribution in [1.29, 1.82) is 0 Å². The molecule has 2 aliphatic carbocycles. The van der Waals surface area contributed by atoms with Crippen LogP contribution in [0.2, 0.25) is 0 Å². The van der Waals surface area contributed by atoms with Crippen LogP contribution in [0, 0.1) is 10.8 Å². The van der Waals surface area contributed by atoms with Gasteiger partial charge >= 0.3 is 0 Å². The predicted molar refractivity (Wildman–Crippen MR) is 394 cm³/mol.